The smallest absolute Gasteiger partial charge is 0.362 e. The lowest BCUT2D eigenvalue weighted by molar-refractivity contribution is 0.0685. The van der Waals surface area contributed by atoms with Gasteiger partial charge in [-0.1, -0.05) is 0 Å². The number of aliphatic hydroxyl groups is 1. The number of carbonyl (C=O) groups is 1. The fourth-order valence-electron chi connectivity index (χ4n) is 0.825. The highest BCUT2D eigenvalue weighted by atomic mass is 16.6. The summed E-state index contributed by atoms with van der Waals surface area (Å²) in [4.78, 5) is 12.0. The first-order chi connectivity index (χ1) is 6.16. The molecule has 0 atom stereocenters. The van der Waals surface area contributed by atoms with Crippen LogP contribution in [0.5, 0.6) is 0 Å². The van der Waals surface area contributed by atoms with E-state index in [9.17, 15) is 4.79 Å². The number of hydrogen-bond donors (Lipinski definition) is 2. The van der Waals surface area contributed by atoms with Crippen LogP contribution in [0.2, 0.25) is 0 Å². The number of aromatic nitrogens is 2. The van der Waals surface area contributed by atoms with Crippen LogP contribution in [-0.2, 0) is 0 Å². The van der Waals surface area contributed by atoms with Gasteiger partial charge in [0.2, 0.25) is 11.5 Å². The zero-order chi connectivity index (χ0) is 9.84. The van der Waals surface area contributed by atoms with E-state index in [0.717, 1.165) is 0 Å². The topological polar surface area (TPSA) is 99.7 Å². The fourth-order valence-corrected chi connectivity index (χ4v) is 0.825. The van der Waals surface area contributed by atoms with Gasteiger partial charge in [-0.05, 0) is 10.3 Å². The van der Waals surface area contributed by atoms with E-state index in [4.69, 9.17) is 10.2 Å². The molecule has 0 aliphatic carbocycles. The van der Waals surface area contributed by atoms with Crippen LogP contribution < -0.4 is 4.90 Å². The molecule has 13 heavy (non-hydrogen) atoms. The minimum absolute atomic E-state index is 0.0948. The molecular formula is C6H9N3O4. The second kappa shape index (κ2) is 3.85. The molecule has 1 aromatic rings. The number of nitrogens with zero attached hydrogens (tertiary/aromatic N) is 3. The summed E-state index contributed by atoms with van der Waals surface area (Å²) >= 11 is 0. The van der Waals surface area contributed by atoms with Crippen molar-refractivity contribution >= 4 is 11.8 Å². The highest BCUT2D eigenvalue weighted by Crippen LogP contribution is 2.13. The molecule has 0 spiro atoms. The summed E-state index contributed by atoms with van der Waals surface area (Å²) in [7, 11) is 1.59. The average molecular weight is 187 g/mol. The summed E-state index contributed by atoms with van der Waals surface area (Å²) in [6, 6.07) is 0. The summed E-state index contributed by atoms with van der Waals surface area (Å²) in [5.41, 5.74) is -0.254. The molecule has 0 bridgehead atoms. The molecule has 0 unspecified atom stereocenters. The minimum atomic E-state index is -1.21. The maximum Gasteiger partial charge on any atom is 0.362 e. The SMILES string of the molecule is CN(CCO)c1nonc1C(=O)O. The van der Waals surface area contributed by atoms with E-state index >= 15 is 0 Å². The summed E-state index contributed by atoms with van der Waals surface area (Å²) < 4.78 is 4.27. The van der Waals surface area contributed by atoms with E-state index < -0.39 is 5.97 Å². The van der Waals surface area contributed by atoms with Crippen LogP contribution >= 0.6 is 0 Å². The maximum absolute atomic E-state index is 10.5. The van der Waals surface area contributed by atoms with E-state index in [-0.39, 0.29) is 24.7 Å². The van der Waals surface area contributed by atoms with Crippen molar-refractivity contribution in [3.8, 4) is 0 Å². The van der Waals surface area contributed by atoms with Crippen molar-refractivity contribution < 1.29 is 19.6 Å². The third-order valence-corrected chi connectivity index (χ3v) is 1.47. The van der Waals surface area contributed by atoms with Gasteiger partial charge in [0.05, 0.1) is 6.61 Å². The molecule has 0 aliphatic heterocycles. The number of aliphatic hydroxyl groups excluding tert-OH is 1. The van der Waals surface area contributed by atoms with Gasteiger partial charge in [0.15, 0.2) is 0 Å². The van der Waals surface area contributed by atoms with Crippen molar-refractivity contribution in [2.45, 2.75) is 0 Å². The van der Waals surface area contributed by atoms with E-state index in [1.165, 1.54) is 4.90 Å². The van der Waals surface area contributed by atoms with Gasteiger partial charge in [0, 0.05) is 13.6 Å². The van der Waals surface area contributed by atoms with Crippen LogP contribution in [0, 0.1) is 0 Å². The van der Waals surface area contributed by atoms with Crippen molar-refractivity contribution in [2.24, 2.45) is 0 Å². The molecule has 0 saturated heterocycles. The highest BCUT2D eigenvalue weighted by molar-refractivity contribution is 5.90. The molecular weight excluding hydrogens is 178 g/mol. The van der Waals surface area contributed by atoms with Crippen LogP contribution in [0.25, 0.3) is 0 Å². The number of anilines is 1. The van der Waals surface area contributed by atoms with Crippen LogP contribution in [0.1, 0.15) is 10.5 Å². The lowest BCUT2D eigenvalue weighted by Crippen LogP contribution is -2.23. The monoisotopic (exact) mass is 187 g/mol. The lowest BCUT2D eigenvalue weighted by atomic mass is 10.4. The second-order valence-corrected chi connectivity index (χ2v) is 2.39. The molecule has 0 aromatic carbocycles. The quantitative estimate of drug-likeness (QED) is 0.636. The molecule has 0 saturated carbocycles. The third kappa shape index (κ3) is 1.94. The Balaban J connectivity index is 2.86. The van der Waals surface area contributed by atoms with Gasteiger partial charge in [-0.2, -0.15) is 0 Å². The Morgan fingerprint density at radius 2 is 2.31 bits per heavy atom. The van der Waals surface area contributed by atoms with E-state index in [1.807, 2.05) is 0 Å². The van der Waals surface area contributed by atoms with Crippen molar-refractivity contribution in [1.29, 1.82) is 0 Å². The molecule has 0 fully saturated rings. The van der Waals surface area contributed by atoms with Crippen molar-refractivity contribution in [3.05, 3.63) is 5.69 Å². The van der Waals surface area contributed by atoms with Gasteiger partial charge in [0.25, 0.3) is 0 Å². The number of likely N-dealkylation sites (N-methyl/N-ethyl adjacent to an activating group) is 1. The molecule has 72 valence electrons. The predicted octanol–water partition coefficient (Wildman–Crippen LogP) is -0.804. The largest absolute Gasteiger partial charge is 0.476 e. The number of aromatic carboxylic acids is 1. The van der Waals surface area contributed by atoms with Gasteiger partial charge in [-0.25, -0.2) is 9.42 Å². The van der Waals surface area contributed by atoms with E-state index in [2.05, 4.69) is 14.9 Å². The Morgan fingerprint density at radius 3 is 2.85 bits per heavy atom. The summed E-state index contributed by atoms with van der Waals surface area (Å²) in [5.74, 6) is -1.09. The number of carboxylic acids is 1. The number of rotatable bonds is 4. The number of carboxylic acid groups (broad SMARTS) is 1. The Hall–Kier alpha value is -1.63. The molecule has 0 amide bonds. The fraction of sp³-hybridized carbons (Fsp3) is 0.500. The van der Waals surface area contributed by atoms with Crippen molar-refractivity contribution in [2.75, 3.05) is 25.1 Å². The molecule has 1 heterocycles. The Bertz CT molecular complexity index is 298. The lowest BCUT2D eigenvalue weighted by Gasteiger charge is -2.12. The van der Waals surface area contributed by atoms with Crippen LogP contribution in [-0.4, -0.2) is 46.7 Å². The zero-order valence-corrected chi connectivity index (χ0v) is 6.97. The van der Waals surface area contributed by atoms with Gasteiger partial charge < -0.3 is 15.1 Å². The van der Waals surface area contributed by atoms with Gasteiger partial charge in [0.1, 0.15) is 0 Å². The summed E-state index contributed by atoms with van der Waals surface area (Å²) in [6.07, 6.45) is 0. The van der Waals surface area contributed by atoms with Crippen LogP contribution in [0.15, 0.2) is 4.63 Å². The standard InChI is InChI=1S/C6H9N3O4/c1-9(2-3-10)5-4(6(11)12)7-13-8-5/h10H,2-3H2,1H3,(H,11,12). The Morgan fingerprint density at radius 1 is 1.62 bits per heavy atom. The molecule has 7 nitrogen and oxygen atoms in total. The van der Waals surface area contributed by atoms with Gasteiger partial charge >= 0.3 is 5.97 Å². The molecule has 1 rings (SSSR count). The summed E-state index contributed by atoms with van der Waals surface area (Å²) in [6.45, 7) is 0.177. The number of hydrogen-bond acceptors (Lipinski definition) is 6. The van der Waals surface area contributed by atoms with Crippen LogP contribution in [0.4, 0.5) is 5.82 Å². The Labute approximate surface area is 73.5 Å². The molecule has 7 heteroatoms. The highest BCUT2D eigenvalue weighted by Gasteiger charge is 2.19. The second-order valence-electron chi connectivity index (χ2n) is 2.39. The maximum atomic E-state index is 10.5. The minimum Gasteiger partial charge on any atom is -0.476 e. The molecule has 1 aromatic heterocycles. The van der Waals surface area contributed by atoms with Crippen LogP contribution in [0.3, 0.4) is 0 Å². The first kappa shape index (κ1) is 9.46. The first-order valence-corrected chi connectivity index (χ1v) is 3.54. The molecule has 2 N–H and O–H groups in total. The predicted molar refractivity (Wildman–Crippen MR) is 41.6 cm³/mol. The van der Waals surface area contributed by atoms with Crippen molar-refractivity contribution in [3.63, 3.8) is 0 Å². The average Bonchev–Trinajstić information content (AvgIpc) is 2.52. The third-order valence-electron chi connectivity index (χ3n) is 1.47. The molecule has 0 radical (unpaired) electrons. The normalized spacial score (nSPS) is 10.0. The molecule has 0 aliphatic rings. The Kier molecular flexibility index (Phi) is 2.80. The van der Waals surface area contributed by atoms with Gasteiger partial charge in [-0.3, -0.25) is 0 Å². The van der Waals surface area contributed by atoms with E-state index in [1.54, 1.807) is 7.05 Å². The van der Waals surface area contributed by atoms with Crippen molar-refractivity contribution in [1.82, 2.24) is 10.3 Å². The van der Waals surface area contributed by atoms with Gasteiger partial charge in [-0.15, -0.1) is 0 Å². The van der Waals surface area contributed by atoms with E-state index in [0.29, 0.717) is 0 Å². The zero-order valence-electron chi connectivity index (χ0n) is 6.97. The first-order valence-electron chi connectivity index (χ1n) is 3.54. The summed E-state index contributed by atoms with van der Waals surface area (Å²) in [5, 5.41) is 23.8.